The van der Waals surface area contributed by atoms with E-state index in [-0.39, 0.29) is 17.5 Å². The van der Waals surface area contributed by atoms with Gasteiger partial charge in [-0.3, -0.25) is 4.79 Å². The van der Waals surface area contributed by atoms with Crippen molar-refractivity contribution in [1.82, 2.24) is 10.2 Å². The van der Waals surface area contributed by atoms with Gasteiger partial charge < -0.3 is 10.2 Å². The molecule has 1 heterocycles. The number of amides is 1. The van der Waals surface area contributed by atoms with Crippen molar-refractivity contribution < 1.29 is 13.6 Å². The van der Waals surface area contributed by atoms with Gasteiger partial charge >= 0.3 is 0 Å². The highest BCUT2D eigenvalue weighted by Gasteiger charge is 2.21. The van der Waals surface area contributed by atoms with Gasteiger partial charge in [-0.05, 0) is 18.9 Å². The molecule has 0 saturated carbocycles. The molecule has 1 aromatic carbocycles. The Morgan fingerprint density at radius 2 is 2.00 bits per heavy atom. The minimum absolute atomic E-state index is 0.0458. The number of nitrogens with one attached hydrogen (secondary N) is 1. The fraction of sp³-hybridized carbons (Fsp3) is 0.533. The van der Waals surface area contributed by atoms with E-state index in [1.54, 1.807) is 12.1 Å². The maximum atomic E-state index is 12.4. The molecule has 20 heavy (non-hydrogen) atoms. The lowest BCUT2D eigenvalue weighted by Crippen LogP contribution is -2.39. The van der Waals surface area contributed by atoms with E-state index in [4.69, 9.17) is 0 Å². The second-order valence-electron chi connectivity index (χ2n) is 5.27. The Morgan fingerprint density at radius 1 is 1.30 bits per heavy atom. The average molecular weight is 282 g/mol. The van der Waals surface area contributed by atoms with Crippen LogP contribution in [0.2, 0.25) is 0 Å². The van der Waals surface area contributed by atoms with Crippen LogP contribution >= 0.6 is 0 Å². The van der Waals surface area contributed by atoms with Crippen molar-refractivity contribution in [3.05, 3.63) is 35.4 Å². The number of alkyl halides is 2. The third-order valence-corrected chi connectivity index (χ3v) is 3.55. The summed E-state index contributed by atoms with van der Waals surface area (Å²) in [6, 6.07) is 6.52. The number of carbonyl (C=O) groups excluding carboxylic acids is 1. The summed E-state index contributed by atoms with van der Waals surface area (Å²) in [5.41, 5.74) is 1.01. The molecule has 1 N–H and O–H groups in total. The molecule has 110 valence electrons. The summed E-state index contributed by atoms with van der Waals surface area (Å²) in [5.74, 6) is 0.222. The van der Waals surface area contributed by atoms with E-state index < -0.39 is 6.43 Å². The van der Waals surface area contributed by atoms with Gasteiger partial charge in [0.25, 0.3) is 6.43 Å². The van der Waals surface area contributed by atoms with Crippen molar-refractivity contribution in [2.45, 2.75) is 38.8 Å². The highest BCUT2D eigenvalue weighted by Crippen LogP contribution is 2.18. The third kappa shape index (κ3) is 4.00. The van der Waals surface area contributed by atoms with Gasteiger partial charge in [0.15, 0.2) is 0 Å². The monoisotopic (exact) mass is 282 g/mol. The molecule has 1 aromatic rings. The first-order valence-corrected chi connectivity index (χ1v) is 6.94. The van der Waals surface area contributed by atoms with E-state index >= 15 is 0 Å². The first-order chi connectivity index (χ1) is 9.56. The topological polar surface area (TPSA) is 32.3 Å². The van der Waals surface area contributed by atoms with Crippen molar-refractivity contribution in [2.75, 3.05) is 13.1 Å². The van der Waals surface area contributed by atoms with Crippen molar-refractivity contribution in [1.29, 1.82) is 0 Å². The Kier molecular flexibility index (Phi) is 5.06. The zero-order valence-corrected chi connectivity index (χ0v) is 11.6. The zero-order valence-electron chi connectivity index (χ0n) is 11.6. The van der Waals surface area contributed by atoms with Crippen LogP contribution < -0.4 is 5.32 Å². The molecular formula is C15H20F2N2O. The fourth-order valence-corrected chi connectivity index (χ4v) is 2.37. The molecule has 1 fully saturated rings. The van der Waals surface area contributed by atoms with Crippen LogP contribution in [0.4, 0.5) is 8.78 Å². The number of halogens is 2. The van der Waals surface area contributed by atoms with E-state index in [1.165, 1.54) is 12.1 Å². The number of hydrogen-bond donors (Lipinski definition) is 1. The van der Waals surface area contributed by atoms with Crippen LogP contribution in [0.25, 0.3) is 0 Å². The van der Waals surface area contributed by atoms with E-state index in [1.807, 2.05) is 11.8 Å². The first kappa shape index (κ1) is 14.9. The largest absolute Gasteiger partial charge is 0.341 e. The molecule has 0 radical (unpaired) electrons. The summed E-state index contributed by atoms with van der Waals surface area (Å²) in [4.78, 5) is 13.4. The number of carbonyl (C=O) groups is 1. The zero-order chi connectivity index (χ0) is 14.5. The summed E-state index contributed by atoms with van der Waals surface area (Å²) in [6.07, 6.45) is -0.820. The van der Waals surface area contributed by atoms with Crippen LogP contribution in [-0.4, -0.2) is 29.9 Å². The smallest absolute Gasteiger partial charge is 0.263 e. The lowest BCUT2D eigenvalue weighted by atomic mass is 10.1. The highest BCUT2D eigenvalue weighted by molar-refractivity contribution is 5.78. The summed E-state index contributed by atoms with van der Waals surface area (Å²) in [6.45, 7) is 4.19. The maximum Gasteiger partial charge on any atom is 0.263 e. The molecule has 1 aliphatic heterocycles. The summed E-state index contributed by atoms with van der Waals surface area (Å²) in [7, 11) is 0. The normalized spacial score (nSPS) is 17.0. The van der Waals surface area contributed by atoms with Gasteiger partial charge in [0, 0.05) is 37.7 Å². The quantitative estimate of drug-likeness (QED) is 0.870. The van der Waals surface area contributed by atoms with E-state index in [0.29, 0.717) is 19.5 Å². The summed E-state index contributed by atoms with van der Waals surface area (Å²) < 4.78 is 24.8. The Labute approximate surface area is 118 Å². The molecule has 0 spiro atoms. The van der Waals surface area contributed by atoms with Gasteiger partial charge in [0.1, 0.15) is 0 Å². The second-order valence-corrected chi connectivity index (χ2v) is 5.27. The van der Waals surface area contributed by atoms with Crippen LogP contribution in [0.15, 0.2) is 24.3 Å². The molecule has 1 atom stereocenters. The highest BCUT2D eigenvalue weighted by atomic mass is 19.3. The Bertz CT molecular complexity index is 448. The molecule has 1 saturated heterocycles. The predicted octanol–water partition coefficient (Wildman–Crippen LogP) is 2.72. The molecule has 1 aliphatic rings. The van der Waals surface area contributed by atoms with E-state index in [9.17, 15) is 13.6 Å². The minimum Gasteiger partial charge on any atom is -0.341 e. The van der Waals surface area contributed by atoms with E-state index in [0.717, 1.165) is 18.5 Å². The van der Waals surface area contributed by atoms with Crippen LogP contribution in [0.1, 0.15) is 37.3 Å². The minimum atomic E-state index is -2.42. The fourth-order valence-electron chi connectivity index (χ4n) is 2.37. The molecule has 0 aliphatic carbocycles. The van der Waals surface area contributed by atoms with Crippen molar-refractivity contribution in [3.8, 4) is 0 Å². The summed E-state index contributed by atoms with van der Waals surface area (Å²) in [5, 5.41) is 3.31. The standard InChI is InChI=1S/C15H20F2N2O/c1-11(10-19-8-2-3-14(19)20)18-9-12-4-6-13(7-5-12)15(16)17/h4-7,11,15,18H,2-3,8-10H2,1H3. The molecule has 2 rings (SSSR count). The Balaban J connectivity index is 1.77. The molecule has 1 unspecified atom stereocenters. The maximum absolute atomic E-state index is 12.4. The van der Waals surface area contributed by atoms with Crippen LogP contribution in [-0.2, 0) is 11.3 Å². The van der Waals surface area contributed by atoms with Gasteiger partial charge in [-0.2, -0.15) is 0 Å². The lowest BCUT2D eigenvalue weighted by molar-refractivity contribution is -0.127. The molecule has 5 heteroatoms. The number of likely N-dealkylation sites (tertiary alicyclic amines) is 1. The number of rotatable bonds is 6. The number of nitrogens with zero attached hydrogens (tertiary/aromatic N) is 1. The SMILES string of the molecule is CC(CN1CCCC1=O)NCc1ccc(C(F)F)cc1. The second kappa shape index (κ2) is 6.79. The van der Waals surface area contributed by atoms with Crippen LogP contribution in [0.3, 0.4) is 0 Å². The van der Waals surface area contributed by atoms with Crippen molar-refractivity contribution >= 4 is 5.91 Å². The van der Waals surface area contributed by atoms with E-state index in [2.05, 4.69) is 5.32 Å². The molecule has 0 aromatic heterocycles. The predicted molar refractivity (Wildman–Crippen MR) is 73.5 cm³/mol. The average Bonchev–Trinajstić information content (AvgIpc) is 2.82. The van der Waals surface area contributed by atoms with Gasteiger partial charge in [-0.15, -0.1) is 0 Å². The molecule has 0 bridgehead atoms. The third-order valence-electron chi connectivity index (χ3n) is 3.55. The Hall–Kier alpha value is -1.49. The molecule has 1 amide bonds. The lowest BCUT2D eigenvalue weighted by Gasteiger charge is -2.21. The summed E-state index contributed by atoms with van der Waals surface area (Å²) >= 11 is 0. The number of benzene rings is 1. The number of hydrogen-bond acceptors (Lipinski definition) is 2. The molecule has 3 nitrogen and oxygen atoms in total. The van der Waals surface area contributed by atoms with Gasteiger partial charge in [0.2, 0.25) is 5.91 Å². The van der Waals surface area contributed by atoms with Crippen LogP contribution in [0, 0.1) is 0 Å². The van der Waals surface area contributed by atoms with Crippen molar-refractivity contribution in [2.24, 2.45) is 0 Å². The van der Waals surface area contributed by atoms with Gasteiger partial charge in [-0.25, -0.2) is 8.78 Å². The van der Waals surface area contributed by atoms with Crippen LogP contribution in [0.5, 0.6) is 0 Å². The molecular weight excluding hydrogens is 262 g/mol. The Morgan fingerprint density at radius 3 is 2.55 bits per heavy atom. The van der Waals surface area contributed by atoms with Gasteiger partial charge in [0.05, 0.1) is 0 Å². The first-order valence-electron chi connectivity index (χ1n) is 6.94. The van der Waals surface area contributed by atoms with Gasteiger partial charge in [-0.1, -0.05) is 24.3 Å². The van der Waals surface area contributed by atoms with Crippen molar-refractivity contribution in [3.63, 3.8) is 0 Å².